The molecular weight excluding hydrogens is 336 g/mol. The number of halogens is 1. The van der Waals surface area contributed by atoms with Crippen molar-refractivity contribution in [3.63, 3.8) is 0 Å². The molecule has 134 valence electrons. The molecule has 25 heavy (non-hydrogen) atoms. The number of rotatable bonds is 5. The molecule has 2 aromatic rings. The Hall–Kier alpha value is -1.47. The van der Waals surface area contributed by atoms with Crippen LogP contribution in [0.15, 0.2) is 30.6 Å². The quantitative estimate of drug-likeness (QED) is 0.852. The van der Waals surface area contributed by atoms with Crippen molar-refractivity contribution in [2.24, 2.45) is 5.92 Å². The lowest BCUT2D eigenvalue weighted by Gasteiger charge is -2.35. The Balaban J connectivity index is 1.41. The molecule has 2 fully saturated rings. The van der Waals surface area contributed by atoms with Gasteiger partial charge in [0.15, 0.2) is 0 Å². The van der Waals surface area contributed by atoms with E-state index in [0.29, 0.717) is 18.0 Å². The van der Waals surface area contributed by atoms with Gasteiger partial charge in [-0.05, 0) is 37.5 Å². The SMILES string of the molecule is CCn1ncnc1CN1CCC2NNC(Cc3ccc(Cl)cc3)C2C1. The highest BCUT2D eigenvalue weighted by Crippen LogP contribution is 2.27. The van der Waals surface area contributed by atoms with E-state index in [0.717, 1.165) is 49.9 Å². The highest BCUT2D eigenvalue weighted by Gasteiger charge is 2.39. The van der Waals surface area contributed by atoms with Gasteiger partial charge < -0.3 is 0 Å². The number of fused-ring (bicyclic) bond motifs is 1. The predicted molar refractivity (Wildman–Crippen MR) is 98.1 cm³/mol. The van der Waals surface area contributed by atoms with E-state index in [4.69, 9.17) is 11.6 Å². The summed E-state index contributed by atoms with van der Waals surface area (Å²) in [6.07, 6.45) is 3.84. The smallest absolute Gasteiger partial charge is 0.140 e. The van der Waals surface area contributed by atoms with Gasteiger partial charge >= 0.3 is 0 Å². The molecule has 1 aromatic carbocycles. The summed E-state index contributed by atoms with van der Waals surface area (Å²) >= 11 is 6.00. The van der Waals surface area contributed by atoms with Gasteiger partial charge in [0.1, 0.15) is 12.2 Å². The van der Waals surface area contributed by atoms with Gasteiger partial charge in [-0.1, -0.05) is 23.7 Å². The van der Waals surface area contributed by atoms with E-state index in [2.05, 4.69) is 44.9 Å². The van der Waals surface area contributed by atoms with Crippen LogP contribution in [0, 0.1) is 5.92 Å². The normalized spacial score (nSPS) is 26.7. The van der Waals surface area contributed by atoms with Gasteiger partial charge in [0.2, 0.25) is 0 Å². The van der Waals surface area contributed by atoms with Gasteiger partial charge in [-0.15, -0.1) is 0 Å². The molecule has 3 unspecified atom stereocenters. The Kier molecular flexibility index (Phi) is 5.03. The van der Waals surface area contributed by atoms with Crippen LogP contribution in [-0.2, 0) is 19.5 Å². The molecule has 0 bridgehead atoms. The highest BCUT2D eigenvalue weighted by molar-refractivity contribution is 6.30. The first kappa shape index (κ1) is 17.0. The molecule has 4 rings (SSSR count). The third-order valence-corrected chi connectivity index (χ3v) is 5.69. The van der Waals surface area contributed by atoms with Gasteiger partial charge in [-0.25, -0.2) is 9.67 Å². The van der Waals surface area contributed by atoms with Crippen LogP contribution in [0.25, 0.3) is 0 Å². The van der Waals surface area contributed by atoms with Gasteiger partial charge in [0.05, 0.1) is 6.54 Å². The number of nitrogens with zero attached hydrogens (tertiary/aromatic N) is 4. The number of likely N-dealkylation sites (tertiary alicyclic amines) is 1. The summed E-state index contributed by atoms with van der Waals surface area (Å²) in [4.78, 5) is 6.94. The van der Waals surface area contributed by atoms with E-state index in [1.807, 2.05) is 16.8 Å². The number of hydrazine groups is 1. The molecular formula is C18H25ClN6. The maximum atomic E-state index is 6.00. The van der Waals surface area contributed by atoms with Crippen molar-refractivity contribution in [1.82, 2.24) is 30.5 Å². The summed E-state index contributed by atoms with van der Waals surface area (Å²) in [5.74, 6) is 1.66. The lowest BCUT2D eigenvalue weighted by Crippen LogP contribution is -2.46. The molecule has 3 atom stereocenters. The Morgan fingerprint density at radius 2 is 2.08 bits per heavy atom. The molecule has 0 radical (unpaired) electrons. The molecule has 2 aliphatic heterocycles. The molecule has 6 nitrogen and oxygen atoms in total. The van der Waals surface area contributed by atoms with Crippen LogP contribution >= 0.6 is 11.6 Å². The zero-order valence-corrected chi connectivity index (χ0v) is 15.3. The standard InChI is InChI=1S/C18H25ClN6/c1-2-25-18(20-12-21-25)11-24-8-7-16-15(10-24)17(23-22-16)9-13-3-5-14(19)6-4-13/h3-6,12,15-17,22-23H,2,7-11H2,1H3. The summed E-state index contributed by atoms with van der Waals surface area (Å²) in [6.45, 7) is 6.04. The van der Waals surface area contributed by atoms with Crippen LogP contribution in [0.5, 0.6) is 0 Å². The Morgan fingerprint density at radius 3 is 2.88 bits per heavy atom. The van der Waals surface area contributed by atoms with Gasteiger partial charge in [0.25, 0.3) is 0 Å². The number of hydrogen-bond donors (Lipinski definition) is 2. The molecule has 2 aliphatic rings. The summed E-state index contributed by atoms with van der Waals surface area (Å²) < 4.78 is 1.99. The van der Waals surface area contributed by atoms with E-state index in [1.165, 1.54) is 5.56 Å². The van der Waals surface area contributed by atoms with Crippen molar-refractivity contribution >= 4 is 11.6 Å². The fourth-order valence-corrected chi connectivity index (χ4v) is 4.18. The van der Waals surface area contributed by atoms with Crippen molar-refractivity contribution in [1.29, 1.82) is 0 Å². The minimum absolute atomic E-state index is 0.443. The average Bonchev–Trinajstić information content (AvgIpc) is 3.24. The lowest BCUT2D eigenvalue weighted by molar-refractivity contribution is 0.143. The van der Waals surface area contributed by atoms with E-state index in [-0.39, 0.29) is 0 Å². The molecule has 7 heteroatoms. The third-order valence-electron chi connectivity index (χ3n) is 5.44. The molecule has 2 saturated heterocycles. The van der Waals surface area contributed by atoms with Crippen LogP contribution < -0.4 is 10.9 Å². The van der Waals surface area contributed by atoms with Crippen LogP contribution in [-0.4, -0.2) is 44.8 Å². The first-order chi connectivity index (χ1) is 12.2. The number of hydrogen-bond acceptors (Lipinski definition) is 5. The topological polar surface area (TPSA) is 58.0 Å². The van der Waals surface area contributed by atoms with Crippen molar-refractivity contribution in [2.45, 2.75) is 44.9 Å². The molecule has 0 saturated carbocycles. The maximum Gasteiger partial charge on any atom is 0.140 e. The van der Waals surface area contributed by atoms with Crippen molar-refractivity contribution in [3.05, 3.63) is 47.0 Å². The monoisotopic (exact) mass is 360 g/mol. The number of benzene rings is 1. The van der Waals surface area contributed by atoms with E-state index < -0.39 is 0 Å². The minimum atomic E-state index is 0.443. The zero-order chi connectivity index (χ0) is 17.2. The average molecular weight is 361 g/mol. The summed E-state index contributed by atoms with van der Waals surface area (Å²) in [5.41, 5.74) is 8.35. The van der Waals surface area contributed by atoms with Crippen molar-refractivity contribution < 1.29 is 0 Å². The number of nitrogens with one attached hydrogen (secondary N) is 2. The van der Waals surface area contributed by atoms with Crippen LogP contribution in [0.2, 0.25) is 5.02 Å². The van der Waals surface area contributed by atoms with Gasteiger partial charge in [-0.3, -0.25) is 15.8 Å². The van der Waals surface area contributed by atoms with Gasteiger partial charge in [0, 0.05) is 42.7 Å². The highest BCUT2D eigenvalue weighted by atomic mass is 35.5. The van der Waals surface area contributed by atoms with E-state index >= 15 is 0 Å². The second-order valence-corrected chi connectivity index (χ2v) is 7.45. The fourth-order valence-electron chi connectivity index (χ4n) is 4.06. The predicted octanol–water partition coefficient (Wildman–Crippen LogP) is 1.86. The Labute approximate surface area is 153 Å². The molecule has 3 heterocycles. The third kappa shape index (κ3) is 3.72. The number of piperidine rings is 1. The number of aromatic nitrogens is 3. The first-order valence-electron chi connectivity index (χ1n) is 9.07. The Bertz CT molecular complexity index is 700. The zero-order valence-electron chi connectivity index (χ0n) is 14.5. The largest absolute Gasteiger partial charge is 0.295 e. The van der Waals surface area contributed by atoms with E-state index in [9.17, 15) is 0 Å². The molecule has 0 spiro atoms. The summed E-state index contributed by atoms with van der Waals surface area (Å²) in [6, 6.07) is 9.20. The first-order valence-corrected chi connectivity index (χ1v) is 9.45. The van der Waals surface area contributed by atoms with E-state index in [1.54, 1.807) is 6.33 Å². The fraction of sp³-hybridized carbons (Fsp3) is 0.556. The second kappa shape index (κ2) is 7.41. The molecule has 0 aliphatic carbocycles. The van der Waals surface area contributed by atoms with Crippen LogP contribution in [0.4, 0.5) is 0 Å². The summed E-state index contributed by atoms with van der Waals surface area (Å²) in [5, 5.41) is 5.08. The molecule has 1 aromatic heterocycles. The number of aryl methyl sites for hydroxylation is 1. The van der Waals surface area contributed by atoms with Crippen LogP contribution in [0.3, 0.4) is 0 Å². The van der Waals surface area contributed by atoms with Crippen LogP contribution in [0.1, 0.15) is 24.7 Å². The Morgan fingerprint density at radius 1 is 1.24 bits per heavy atom. The van der Waals surface area contributed by atoms with Crippen molar-refractivity contribution in [3.8, 4) is 0 Å². The van der Waals surface area contributed by atoms with Gasteiger partial charge in [-0.2, -0.15) is 5.10 Å². The van der Waals surface area contributed by atoms with Crippen molar-refractivity contribution in [2.75, 3.05) is 13.1 Å². The summed E-state index contributed by atoms with van der Waals surface area (Å²) in [7, 11) is 0. The molecule has 0 amide bonds. The molecule has 2 N–H and O–H groups in total. The lowest BCUT2D eigenvalue weighted by atomic mass is 9.85. The maximum absolute atomic E-state index is 6.00. The second-order valence-electron chi connectivity index (χ2n) is 7.01. The minimum Gasteiger partial charge on any atom is -0.295 e.